The largest absolute Gasteiger partial charge is 0.405 e. The minimum absolute atomic E-state index is 0.0684. The van der Waals surface area contributed by atoms with Crippen LogP contribution in [0.1, 0.15) is 43.6 Å². The van der Waals surface area contributed by atoms with Gasteiger partial charge >= 0.3 is 0 Å². The van der Waals surface area contributed by atoms with Gasteiger partial charge in [0.05, 0.1) is 15.8 Å². The average molecular weight is 423 g/mol. The first-order chi connectivity index (χ1) is 13.2. The number of hydrogen-bond acceptors (Lipinski definition) is 4. The highest BCUT2D eigenvalue weighted by Gasteiger charge is 2.27. The number of nitrogens with one attached hydrogen (secondary N) is 1. The summed E-state index contributed by atoms with van der Waals surface area (Å²) in [7, 11) is -3.42. The van der Waals surface area contributed by atoms with Gasteiger partial charge in [-0.15, -0.1) is 0 Å². The molecule has 0 bridgehead atoms. The summed E-state index contributed by atoms with van der Waals surface area (Å²) in [4.78, 5) is 13.0. The molecule has 1 aromatic carbocycles. The fourth-order valence-corrected chi connectivity index (χ4v) is 4.87. The monoisotopic (exact) mass is 422 g/mol. The molecule has 0 aliphatic heterocycles. The van der Waals surface area contributed by atoms with Crippen molar-refractivity contribution in [1.82, 2.24) is 5.32 Å². The molecule has 1 saturated carbocycles. The second-order valence-electron chi connectivity index (χ2n) is 7.16. The number of amides is 1. The molecule has 3 N–H and O–H groups in total. The molecule has 1 unspecified atom stereocenters. The third kappa shape index (κ3) is 6.24. The van der Waals surface area contributed by atoms with E-state index in [1.165, 1.54) is 25.1 Å². The third-order valence-electron chi connectivity index (χ3n) is 4.92. The number of allylic oxidation sites excluding steroid dienone is 3. The van der Waals surface area contributed by atoms with Crippen LogP contribution >= 0.6 is 11.6 Å². The molecule has 7 heteroatoms. The Morgan fingerprint density at radius 3 is 2.61 bits per heavy atom. The second-order valence-corrected chi connectivity index (χ2v) is 9.55. The fraction of sp³-hybridized carbons (Fsp3) is 0.381. The Labute approximate surface area is 172 Å². The van der Waals surface area contributed by atoms with Crippen LogP contribution in [0.5, 0.6) is 0 Å². The molecule has 28 heavy (non-hydrogen) atoms. The van der Waals surface area contributed by atoms with Crippen LogP contribution in [-0.2, 0) is 14.6 Å². The maximum absolute atomic E-state index is 13.0. The molecule has 1 atom stereocenters. The van der Waals surface area contributed by atoms with Gasteiger partial charge in [0.15, 0.2) is 9.84 Å². The van der Waals surface area contributed by atoms with Gasteiger partial charge in [-0.05, 0) is 48.4 Å². The van der Waals surface area contributed by atoms with E-state index in [-0.39, 0.29) is 15.8 Å². The Hall–Kier alpha value is -2.05. The summed E-state index contributed by atoms with van der Waals surface area (Å²) < 4.78 is 23.6. The Bertz CT molecular complexity index is 885. The fourth-order valence-electron chi connectivity index (χ4n) is 3.53. The van der Waals surface area contributed by atoms with E-state index in [0.717, 1.165) is 19.1 Å². The van der Waals surface area contributed by atoms with Crippen molar-refractivity contribution in [1.29, 1.82) is 0 Å². The van der Waals surface area contributed by atoms with Gasteiger partial charge in [-0.3, -0.25) is 4.79 Å². The highest BCUT2D eigenvalue weighted by Crippen LogP contribution is 2.36. The van der Waals surface area contributed by atoms with E-state index in [1.807, 2.05) is 0 Å². The number of carbonyl (C=O) groups is 1. The first-order valence-electron chi connectivity index (χ1n) is 9.26. The van der Waals surface area contributed by atoms with Crippen molar-refractivity contribution >= 4 is 27.3 Å². The lowest BCUT2D eigenvalue weighted by Crippen LogP contribution is -2.29. The second kappa shape index (κ2) is 9.94. The van der Waals surface area contributed by atoms with Gasteiger partial charge in [0.1, 0.15) is 0 Å². The van der Waals surface area contributed by atoms with Gasteiger partial charge in [0.25, 0.3) is 0 Å². The van der Waals surface area contributed by atoms with E-state index >= 15 is 0 Å². The summed E-state index contributed by atoms with van der Waals surface area (Å²) in [6, 6.07) is 4.74. The van der Waals surface area contributed by atoms with Crippen LogP contribution in [0.15, 0.2) is 59.8 Å². The third-order valence-corrected chi connectivity index (χ3v) is 6.50. The molecule has 0 saturated heterocycles. The number of rotatable bonds is 8. The van der Waals surface area contributed by atoms with Crippen molar-refractivity contribution in [2.24, 2.45) is 11.7 Å². The molecular formula is C21H27ClN2O3S. The number of benzene rings is 1. The summed E-state index contributed by atoms with van der Waals surface area (Å²) in [6.07, 6.45) is 12.7. The molecule has 0 aromatic heterocycles. The summed E-state index contributed by atoms with van der Waals surface area (Å²) >= 11 is 6.21. The van der Waals surface area contributed by atoms with Crippen molar-refractivity contribution in [3.63, 3.8) is 0 Å². The van der Waals surface area contributed by atoms with Crippen molar-refractivity contribution in [2.75, 3.05) is 6.26 Å². The standard InChI is InChI=1S/C21H27ClN2O3S/c1-15(7-5-6-12-23)24-21(25)18(13-16-8-3-4-9-16)17-10-11-20(19(22)14-17)28(2,26)27/h5-7,10-12,14,16,18H,1,3-4,8-9,13,23H2,2H3,(H,24,25)/b7-5-,12-6-. The minimum Gasteiger partial charge on any atom is -0.405 e. The van der Waals surface area contributed by atoms with Crippen LogP contribution in [0.3, 0.4) is 0 Å². The van der Waals surface area contributed by atoms with Crippen LogP contribution in [-0.4, -0.2) is 20.6 Å². The van der Waals surface area contributed by atoms with Gasteiger partial charge in [-0.1, -0.05) is 56.0 Å². The van der Waals surface area contributed by atoms with Gasteiger partial charge in [0, 0.05) is 12.0 Å². The first kappa shape index (κ1) is 22.2. The average Bonchev–Trinajstić information content (AvgIpc) is 3.11. The van der Waals surface area contributed by atoms with Crippen LogP contribution in [0, 0.1) is 5.92 Å². The molecule has 152 valence electrons. The first-order valence-corrected chi connectivity index (χ1v) is 11.5. The van der Waals surface area contributed by atoms with E-state index in [4.69, 9.17) is 17.3 Å². The summed E-state index contributed by atoms with van der Waals surface area (Å²) in [5.41, 5.74) is 6.45. The Kier molecular flexibility index (Phi) is 7.89. The number of nitrogens with two attached hydrogens (primary N) is 1. The summed E-state index contributed by atoms with van der Waals surface area (Å²) in [5.74, 6) is -0.140. The molecule has 5 nitrogen and oxygen atoms in total. The maximum atomic E-state index is 13.0. The van der Waals surface area contributed by atoms with E-state index in [9.17, 15) is 13.2 Å². The number of sulfone groups is 1. The van der Waals surface area contributed by atoms with Crippen molar-refractivity contribution in [3.05, 3.63) is 65.5 Å². The van der Waals surface area contributed by atoms with E-state index in [0.29, 0.717) is 23.6 Å². The van der Waals surface area contributed by atoms with Crippen LogP contribution in [0.2, 0.25) is 5.02 Å². The highest BCUT2D eigenvalue weighted by atomic mass is 35.5. The molecule has 1 amide bonds. The summed E-state index contributed by atoms with van der Waals surface area (Å²) in [5, 5.41) is 2.95. The van der Waals surface area contributed by atoms with Crippen molar-refractivity contribution in [2.45, 2.75) is 42.9 Å². The maximum Gasteiger partial charge on any atom is 0.231 e. The SMILES string of the molecule is C=C(/C=C\C=C/N)NC(=O)C(CC1CCCC1)c1ccc(S(C)(=O)=O)c(Cl)c1. The van der Waals surface area contributed by atoms with Gasteiger partial charge in [0.2, 0.25) is 5.91 Å². The topological polar surface area (TPSA) is 89.3 Å². The lowest BCUT2D eigenvalue weighted by atomic mass is 9.87. The zero-order valence-electron chi connectivity index (χ0n) is 16.0. The van der Waals surface area contributed by atoms with Gasteiger partial charge in [-0.2, -0.15) is 0 Å². The molecule has 1 aliphatic rings. The van der Waals surface area contributed by atoms with Crippen LogP contribution < -0.4 is 11.1 Å². The number of halogens is 1. The molecule has 2 rings (SSSR count). The quantitative estimate of drug-likeness (QED) is 0.618. The lowest BCUT2D eigenvalue weighted by molar-refractivity contribution is -0.122. The van der Waals surface area contributed by atoms with E-state index in [1.54, 1.807) is 30.4 Å². The smallest absolute Gasteiger partial charge is 0.231 e. The molecule has 0 heterocycles. The molecule has 0 radical (unpaired) electrons. The predicted molar refractivity (Wildman–Crippen MR) is 114 cm³/mol. The zero-order chi connectivity index (χ0) is 20.7. The lowest BCUT2D eigenvalue weighted by Gasteiger charge is -2.21. The normalized spacial score (nSPS) is 16.6. The van der Waals surface area contributed by atoms with E-state index in [2.05, 4.69) is 11.9 Å². The molecule has 1 fully saturated rings. The molecule has 1 aliphatic carbocycles. The van der Waals surface area contributed by atoms with Crippen LogP contribution in [0.4, 0.5) is 0 Å². The Morgan fingerprint density at radius 2 is 2.04 bits per heavy atom. The zero-order valence-corrected chi connectivity index (χ0v) is 17.6. The number of hydrogen-bond donors (Lipinski definition) is 2. The Balaban J connectivity index is 2.27. The van der Waals surface area contributed by atoms with Crippen molar-refractivity contribution < 1.29 is 13.2 Å². The van der Waals surface area contributed by atoms with Crippen molar-refractivity contribution in [3.8, 4) is 0 Å². The molecular weight excluding hydrogens is 396 g/mol. The highest BCUT2D eigenvalue weighted by molar-refractivity contribution is 7.90. The van der Waals surface area contributed by atoms with Gasteiger partial charge < -0.3 is 11.1 Å². The molecule has 1 aromatic rings. The predicted octanol–water partition coefficient (Wildman–Crippen LogP) is 4.07. The minimum atomic E-state index is -3.42. The Morgan fingerprint density at radius 1 is 1.36 bits per heavy atom. The van der Waals surface area contributed by atoms with E-state index < -0.39 is 15.8 Å². The van der Waals surface area contributed by atoms with Crippen LogP contribution in [0.25, 0.3) is 0 Å². The molecule has 0 spiro atoms. The van der Waals surface area contributed by atoms with Gasteiger partial charge in [-0.25, -0.2) is 8.42 Å². The summed E-state index contributed by atoms with van der Waals surface area (Å²) in [6.45, 7) is 3.84. The number of carbonyl (C=O) groups excluding carboxylic acids is 1.